The number of piperazine rings is 1. The molecule has 0 unspecified atom stereocenters. The molecule has 7 nitrogen and oxygen atoms in total. The van der Waals surface area contributed by atoms with Crippen LogP contribution in [-0.4, -0.2) is 66.7 Å². The summed E-state index contributed by atoms with van der Waals surface area (Å²) < 4.78 is 0. The molecular weight excluding hydrogens is 392 g/mol. The van der Waals surface area contributed by atoms with Gasteiger partial charge >= 0.3 is 0 Å². The predicted molar refractivity (Wildman–Crippen MR) is 123 cm³/mol. The van der Waals surface area contributed by atoms with E-state index in [1.807, 2.05) is 32.0 Å². The quantitative estimate of drug-likeness (QED) is 0.671. The van der Waals surface area contributed by atoms with Crippen molar-refractivity contribution in [3.63, 3.8) is 0 Å². The predicted octanol–water partition coefficient (Wildman–Crippen LogP) is 2.70. The van der Waals surface area contributed by atoms with E-state index in [2.05, 4.69) is 20.4 Å². The lowest BCUT2D eigenvalue weighted by Crippen LogP contribution is -2.50. The highest BCUT2D eigenvalue weighted by atomic mass is 16.2. The minimum atomic E-state index is -0.144. The third-order valence-corrected chi connectivity index (χ3v) is 5.53. The van der Waals surface area contributed by atoms with Crippen LogP contribution in [0.5, 0.6) is 0 Å². The lowest BCUT2D eigenvalue weighted by Gasteiger charge is -2.33. The van der Waals surface area contributed by atoms with Crippen molar-refractivity contribution in [1.82, 2.24) is 9.80 Å². The molecule has 31 heavy (non-hydrogen) atoms. The molecule has 0 atom stereocenters. The number of anilines is 2. The Morgan fingerprint density at radius 2 is 1.29 bits per heavy atom. The van der Waals surface area contributed by atoms with E-state index in [1.165, 1.54) is 6.92 Å². The van der Waals surface area contributed by atoms with Crippen LogP contribution < -0.4 is 10.6 Å². The molecule has 1 aliphatic rings. The zero-order chi connectivity index (χ0) is 22.4. The van der Waals surface area contributed by atoms with Crippen LogP contribution in [0.1, 0.15) is 28.4 Å². The van der Waals surface area contributed by atoms with Crippen LogP contribution in [0, 0.1) is 13.8 Å². The standard InChI is InChI=1S/C24H30N4O3/c1-17-7-6-8-18(2)24(17)26-23(31)16-28-13-11-27(12-14-28)15-22(30)25-21-10-5-4-9-20(21)19(3)29/h4-10H,11-16H2,1-3H3,(H,25,30)(H,26,31). The van der Waals surface area contributed by atoms with Gasteiger partial charge in [-0.1, -0.05) is 30.3 Å². The van der Waals surface area contributed by atoms with Gasteiger partial charge in [-0.25, -0.2) is 0 Å². The number of amides is 2. The van der Waals surface area contributed by atoms with E-state index in [-0.39, 0.29) is 24.1 Å². The highest BCUT2D eigenvalue weighted by Crippen LogP contribution is 2.19. The van der Waals surface area contributed by atoms with Crippen molar-refractivity contribution < 1.29 is 14.4 Å². The molecule has 1 saturated heterocycles. The second-order valence-electron chi connectivity index (χ2n) is 8.02. The number of hydrogen-bond donors (Lipinski definition) is 2. The van der Waals surface area contributed by atoms with Gasteiger partial charge in [-0.3, -0.25) is 24.2 Å². The summed E-state index contributed by atoms with van der Waals surface area (Å²) in [5, 5.41) is 5.87. The molecule has 3 rings (SSSR count). The zero-order valence-electron chi connectivity index (χ0n) is 18.4. The van der Waals surface area contributed by atoms with E-state index in [1.54, 1.807) is 24.3 Å². The summed E-state index contributed by atoms with van der Waals surface area (Å²) in [6.07, 6.45) is 0. The first-order valence-corrected chi connectivity index (χ1v) is 10.5. The first kappa shape index (κ1) is 22.7. The van der Waals surface area contributed by atoms with E-state index in [0.29, 0.717) is 30.9 Å². The van der Waals surface area contributed by atoms with Gasteiger partial charge in [-0.2, -0.15) is 0 Å². The third kappa shape index (κ3) is 6.23. The maximum absolute atomic E-state index is 12.5. The molecule has 1 aliphatic heterocycles. The van der Waals surface area contributed by atoms with E-state index in [0.717, 1.165) is 29.9 Å². The summed E-state index contributed by atoms with van der Waals surface area (Å²) in [6, 6.07) is 13.0. The number of nitrogens with one attached hydrogen (secondary N) is 2. The topological polar surface area (TPSA) is 81.8 Å². The van der Waals surface area contributed by atoms with E-state index >= 15 is 0 Å². The fraction of sp³-hybridized carbons (Fsp3) is 0.375. The molecule has 0 spiro atoms. The van der Waals surface area contributed by atoms with Crippen LogP contribution in [0.25, 0.3) is 0 Å². The number of rotatable bonds is 7. The minimum Gasteiger partial charge on any atom is -0.324 e. The third-order valence-electron chi connectivity index (χ3n) is 5.53. The van der Waals surface area contributed by atoms with Gasteiger partial charge in [0.15, 0.2) is 5.78 Å². The van der Waals surface area contributed by atoms with Crippen molar-refractivity contribution in [1.29, 1.82) is 0 Å². The lowest BCUT2D eigenvalue weighted by molar-refractivity contribution is -0.120. The maximum Gasteiger partial charge on any atom is 0.238 e. The number of para-hydroxylation sites is 2. The number of nitrogens with zero attached hydrogens (tertiary/aromatic N) is 2. The minimum absolute atomic E-state index is 0.0237. The largest absolute Gasteiger partial charge is 0.324 e. The number of benzene rings is 2. The number of Topliss-reactive ketones (excluding diaryl/α,β-unsaturated/α-hetero) is 1. The number of ketones is 1. The van der Waals surface area contributed by atoms with Gasteiger partial charge in [-0.15, -0.1) is 0 Å². The molecule has 0 saturated carbocycles. The molecule has 0 aliphatic carbocycles. The van der Waals surface area contributed by atoms with Crippen LogP contribution in [0.2, 0.25) is 0 Å². The van der Waals surface area contributed by atoms with Gasteiger partial charge in [0.25, 0.3) is 0 Å². The first-order chi connectivity index (χ1) is 14.8. The average Bonchev–Trinajstić information content (AvgIpc) is 2.72. The van der Waals surface area contributed by atoms with Gasteiger partial charge in [0.2, 0.25) is 11.8 Å². The van der Waals surface area contributed by atoms with Crippen molar-refractivity contribution in [3.05, 3.63) is 59.2 Å². The van der Waals surface area contributed by atoms with Crippen LogP contribution in [0.3, 0.4) is 0 Å². The van der Waals surface area contributed by atoms with Crippen LogP contribution in [0.15, 0.2) is 42.5 Å². The number of carbonyl (C=O) groups is 3. The fourth-order valence-electron chi connectivity index (χ4n) is 3.79. The summed E-state index contributed by atoms with van der Waals surface area (Å²) in [7, 11) is 0. The Morgan fingerprint density at radius 3 is 1.84 bits per heavy atom. The number of aryl methyl sites for hydroxylation is 2. The molecule has 1 fully saturated rings. The normalized spacial score (nSPS) is 14.8. The highest BCUT2D eigenvalue weighted by Gasteiger charge is 2.21. The second-order valence-corrected chi connectivity index (χ2v) is 8.02. The monoisotopic (exact) mass is 422 g/mol. The maximum atomic E-state index is 12.5. The Morgan fingerprint density at radius 1 is 0.774 bits per heavy atom. The molecular formula is C24H30N4O3. The van der Waals surface area contributed by atoms with Gasteiger partial charge in [0, 0.05) is 37.4 Å². The molecule has 2 amide bonds. The van der Waals surface area contributed by atoms with Crippen molar-refractivity contribution in [2.24, 2.45) is 0 Å². The Balaban J connectivity index is 1.45. The number of carbonyl (C=O) groups excluding carboxylic acids is 3. The molecule has 2 aromatic rings. The molecule has 7 heteroatoms. The van der Waals surface area contributed by atoms with Crippen molar-refractivity contribution >= 4 is 29.0 Å². The Kier molecular flexibility index (Phi) is 7.55. The van der Waals surface area contributed by atoms with Gasteiger partial charge in [-0.05, 0) is 44.0 Å². The molecule has 1 heterocycles. The smallest absolute Gasteiger partial charge is 0.238 e. The highest BCUT2D eigenvalue weighted by molar-refractivity contribution is 6.04. The summed E-state index contributed by atoms with van der Waals surface area (Å²) in [5.41, 5.74) is 4.04. The van der Waals surface area contributed by atoms with E-state index in [4.69, 9.17) is 0 Å². The summed E-state index contributed by atoms with van der Waals surface area (Å²) >= 11 is 0. The molecule has 0 radical (unpaired) electrons. The van der Waals surface area contributed by atoms with Gasteiger partial charge in [0.1, 0.15) is 0 Å². The summed E-state index contributed by atoms with van der Waals surface area (Å²) in [5.74, 6) is -0.247. The SMILES string of the molecule is CC(=O)c1ccccc1NC(=O)CN1CCN(CC(=O)Nc2c(C)cccc2C)CC1. The van der Waals surface area contributed by atoms with Crippen molar-refractivity contribution in [2.45, 2.75) is 20.8 Å². The lowest BCUT2D eigenvalue weighted by atomic mass is 10.1. The molecule has 0 bridgehead atoms. The molecule has 2 aromatic carbocycles. The van der Waals surface area contributed by atoms with E-state index in [9.17, 15) is 14.4 Å². The number of hydrogen-bond acceptors (Lipinski definition) is 5. The van der Waals surface area contributed by atoms with Crippen LogP contribution >= 0.6 is 0 Å². The van der Waals surface area contributed by atoms with Crippen molar-refractivity contribution in [3.8, 4) is 0 Å². The van der Waals surface area contributed by atoms with Crippen LogP contribution in [0.4, 0.5) is 11.4 Å². The fourth-order valence-corrected chi connectivity index (χ4v) is 3.79. The average molecular weight is 423 g/mol. The van der Waals surface area contributed by atoms with E-state index < -0.39 is 0 Å². The Bertz CT molecular complexity index is 945. The van der Waals surface area contributed by atoms with Crippen molar-refractivity contribution in [2.75, 3.05) is 49.9 Å². The molecule has 164 valence electrons. The Hall–Kier alpha value is -3.03. The summed E-state index contributed by atoms with van der Waals surface area (Å²) in [4.78, 5) is 40.8. The molecule has 0 aromatic heterocycles. The first-order valence-electron chi connectivity index (χ1n) is 10.5. The summed E-state index contributed by atoms with van der Waals surface area (Å²) in [6.45, 7) is 8.91. The molecule has 2 N–H and O–H groups in total. The van der Waals surface area contributed by atoms with Gasteiger partial charge in [0.05, 0.1) is 18.8 Å². The zero-order valence-corrected chi connectivity index (χ0v) is 18.4. The van der Waals surface area contributed by atoms with Crippen LogP contribution in [-0.2, 0) is 9.59 Å². The second kappa shape index (κ2) is 10.3. The Labute approximate surface area is 183 Å². The van der Waals surface area contributed by atoms with Gasteiger partial charge < -0.3 is 10.6 Å².